The summed E-state index contributed by atoms with van der Waals surface area (Å²) in [6.07, 6.45) is 5.75. The van der Waals surface area contributed by atoms with Gasteiger partial charge in [0.2, 0.25) is 5.91 Å². The zero-order chi connectivity index (χ0) is 10.9. The summed E-state index contributed by atoms with van der Waals surface area (Å²) in [5, 5.41) is 2.60. The third kappa shape index (κ3) is 5.74. The fraction of sp³-hybridized carbons (Fsp3) is 0.909. The molecule has 1 aliphatic rings. The quantitative estimate of drug-likeness (QED) is 0.682. The van der Waals surface area contributed by atoms with E-state index in [1.54, 1.807) is 7.05 Å². The molecule has 0 aliphatic carbocycles. The molecule has 0 saturated carbocycles. The molecule has 88 valence electrons. The van der Waals surface area contributed by atoms with E-state index in [-0.39, 0.29) is 12.2 Å². The van der Waals surface area contributed by atoms with Crippen molar-refractivity contribution in [3.8, 4) is 0 Å². The third-order valence-electron chi connectivity index (χ3n) is 2.52. The van der Waals surface area contributed by atoms with Gasteiger partial charge in [0.15, 0.2) is 6.29 Å². The Morgan fingerprint density at radius 3 is 3.00 bits per heavy atom. The summed E-state index contributed by atoms with van der Waals surface area (Å²) in [7, 11) is 1.66. The molecular formula is C11H21NO3. The first-order valence-electron chi connectivity index (χ1n) is 5.76. The van der Waals surface area contributed by atoms with Gasteiger partial charge in [-0.2, -0.15) is 0 Å². The molecule has 1 atom stereocenters. The van der Waals surface area contributed by atoms with E-state index in [0.29, 0.717) is 13.0 Å². The monoisotopic (exact) mass is 215 g/mol. The SMILES string of the molecule is CNC(=O)CCCCOC1CCCCO1. The van der Waals surface area contributed by atoms with Gasteiger partial charge in [0.05, 0.1) is 0 Å². The Morgan fingerprint density at radius 1 is 1.47 bits per heavy atom. The number of hydrogen-bond acceptors (Lipinski definition) is 3. The molecule has 0 radical (unpaired) electrons. The van der Waals surface area contributed by atoms with Gasteiger partial charge in [-0.15, -0.1) is 0 Å². The van der Waals surface area contributed by atoms with Gasteiger partial charge >= 0.3 is 0 Å². The molecule has 1 amide bonds. The minimum Gasteiger partial charge on any atom is -0.359 e. The Kier molecular flexibility index (Phi) is 6.36. The first-order valence-corrected chi connectivity index (χ1v) is 5.76. The van der Waals surface area contributed by atoms with E-state index in [2.05, 4.69) is 5.32 Å². The summed E-state index contributed by atoms with van der Waals surface area (Å²) in [6, 6.07) is 0. The van der Waals surface area contributed by atoms with Crippen LogP contribution in [0, 0.1) is 0 Å². The zero-order valence-corrected chi connectivity index (χ0v) is 9.46. The largest absolute Gasteiger partial charge is 0.359 e. The fourth-order valence-electron chi connectivity index (χ4n) is 1.57. The van der Waals surface area contributed by atoms with Crippen LogP contribution in [0.2, 0.25) is 0 Å². The molecule has 0 aromatic rings. The molecule has 15 heavy (non-hydrogen) atoms. The molecule has 1 unspecified atom stereocenters. The normalized spacial score (nSPS) is 21.3. The van der Waals surface area contributed by atoms with E-state index in [1.807, 2.05) is 0 Å². The smallest absolute Gasteiger partial charge is 0.219 e. The van der Waals surface area contributed by atoms with Gasteiger partial charge in [-0.25, -0.2) is 0 Å². The van der Waals surface area contributed by atoms with Crippen molar-refractivity contribution >= 4 is 5.91 Å². The van der Waals surface area contributed by atoms with Crippen LogP contribution in [0.3, 0.4) is 0 Å². The highest BCUT2D eigenvalue weighted by molar-refractivity contribution is 5.75. The number of nitrogens with one attached hydrogen (secondary N) is 1. The number of carbonyl (C=O) groups is 1. The lowest BCUT2D eigenvalue weighted by Crippen LogP contribution is -2.23. The first kappa shape index (κ1) is 12.5. The number of hydrogen-bond donors (Lipinski definition) is 1. The lowest BCUT2D eigenvalue weighted by molar-refractivity contribution is -0.162. The van der Waals surface area contributed by atoms with Crippen molar-refractivity contribution in [1.29, 1.82) is 0 Å². The fourth-order valence-corrected chi connectivity index (χ4v) is 1.57. The molecule has 4 nitrogen and oxygen atoms in total. The molecule has 0 aromatic heterocycles. The second-order valence-corrected chi connectivity index (χ2v) is 3.80. The lowest BCUT2D eigenvalue weighted by atomic mass is 10.2. The van der Waals surface area contributed by atoms with Crippen molar-refractivity contribution in [2.24, 2.45) is 0 Å². The molecule has 1 heterocycles. The first-order chi connectivity index (χ1) is 7.33. The molecule has 4 heteroatoms. The van der Waals surface area contributed by atoms with E-state index in [4.69, 9.17) is 9.47 Å². The number of carbonyl (C=O) groups excluding carboxylic acids is 1. The Labute approximate surface area is 91.3 Å². The molecular weight excluding hydrogens is 194 g/mol. The standard InChI is InChI=1S/C11H21NO3/c1-12-10(13)6-2-4-8-14-11-7-3-5-9-15-11/h11H,2-9H2,1H3,(H,12,13). The average molecular weight is 215 g/mol. The van der Waals surface area contributed by atoms with Crippen LogP contribution in [0.15, 0.2) is 0 Å². The number of ether oxygens (including phenoxy) is 2. The van der Waals surface area contributed by atoms with Crippen LogP contribution in [0.1, 0.15) is 38.5 Å². The lowest BCUT2D eigenvalue weighted by Gasteiger charge is -2.22. The molecule has 1 fully saturated rings. The van der Waals surface area contributed by atoms with E-state index in [9.17, 15) is 4.79 Å². The zero-order valence-electron chi connectivity index (χ0n) is 9.46. The number of unbranched alkanes of at least 4 members (excludes halogenated alkanes) is 1. The summed E-state index contributed by atoms with van der Waals surface area (Å²) in [4.78, 5) is 10.9. The van der Waals surface area contributed by atoms with E-state index in [0.717, 1.165) is 32.3 Å². The summed E-state index contributed by atoms with van der Waals surface area (Å²) in [5.74, 6) is 0.101. The van der Waals surface area contributed by atoms with Crippen molar-refractivity contribution < 1.29 is 14.3 Å². The van der Waals surface area contributed by atoms with Gasteiger partial charge in [-0.3, -0.25) is 4.79 Å². The molecule has 1 saturated heterocycles. The predicted octanol–water partition coefficient (Wildman–Crippen LogP) is 1.45. The maximum absolute atomic E-state index is 10.9. The summed E-state index contributed by atoms with van der Waals surface area (Å²) in [5.41, 5.74) is 0. The topological polar surface area (TPSA) is 47.6 Å². The van der Waals surface area contributed by atoms with Gasteiger partial charge in [0.25, 0.3) is 0 Å². The Balaban J connectivity index is 1.89. The van der Waals surface area contributed by atoms with Crippen LogP contribution in [0.4, 0.5) is 0 Å². The van der Waals surface area contributed by atoms with Crippen LogP contribution in [0.5, 0.6) is 0 Å². The molecule has 1 aliphatic heterocycles. The Morgan fingerprint density at radius 2 is 2.33 bits per heavy atom. The third-order valence-corrected chi connectivity index (χ3v) is 2.52. The van der Waals surface area contributed by atoms with Gasteiger partial charge in [-0.05, 0) is 32.1 Å². The number of amides is 1. The van der Waals surface area contributed by atoms with Crippen molar-refractivity contribution in [3.05, 3.63) is 0 Å². The minimum atomic E-state index is -0.00116. The molecule has 1 N–H and O–H groups in total. The van der Waals surface area contributed by atoms with E-state index < -0.39 is 0 Å². The van der Waals surface area contributed by atoms with Gasteiger partial charge in [-0.1, -0.05) is 0 Å². The van der Waals surface area contributed by atoms with Crippen LogP contribution in [-0.2, 0) is 14.3 Å². The average Bonchev–Trinajstić information content (AvgIpc) is 2.29. The van der Waals surface area contributed by atoms with Gasteiger partial charge in [0.1, 0.15) is 0 Å². The van der Waals surface area contributed by atoms with Crippen molar-refractivity contribution in [2.45, 2.75) is 44.8 Å². The van der Waals surface area contributed by atoms with Crippen LogP contribution in [-0.4, -0.2) is 32.5 Å². The van der Waals surface area contributed by atoms with Crippen LogP contribution >= 0.6 is 0 Å². The second-order valence-electron chi connectivity index (χ2n) is 3.80. The highest BCUT2D eigenvalue weighted by Crippen LogP contribution is 2.14. The Hall–Kier alpha value is -0.610. The highest BCUT2D eigenvalue weighted by atomic mass is 16.7. The van der Waals surface area contributed by atoms with E-state index in [1.165, 1.54) is 6.42 Å². The van der Waals surface area contributed by atoms with Crippen LogP contribution in [0.25, 0.3) is 0 Å². The van der Waals surface area contributed by atoms with Crippen molar-refractivity contribution in [1.82, 2.24) is 5.32 Å². The summed E-state index contributed by atoms with van der Waals surface area (Å²) in [6.45, 7) is 1.52. The van der Waals surface area contributed by atoms with Crippen LogP contribution < -0.4 is 5.32 Å². The van der Waals surface area contributed by atoms with Gasteiger partial charge < -0.3 is 14.8 Å². The molecule has 0 spiro atoms. The Bertz CT molecular complexity index is 179. The maximum atomic E-state index is 10.9. The summed E-state index contributed by atoms with van der Waals surface area (Å²) >= 11 is 0. The highest BCUT2D eigenvalue weighted by Gasteiger charge is 2.13. The maximum Gasteiger partial charge on any atom is 0.219 e. The van der Waals surface area contributed by atoms with E-state index >= 15 is 0 Å². The summed E-state index contributed by atoms with van der Waals surface area (Å²) < 4.78 is 11.0. The molecule has 0 aromatic carbocycles. The van der Waals surface area contributed by atoms with Crippen molar-refractivity contribution in [2.75, 3.05) is 20.3 Å². The minimum absolute atomic E-state index is 0.00116. The molecule has 1 rings (SSSR count). The predicted molar refractivity (Wildman–Crippen MR) is 57.5 cm³/mol. The molecule has 0 bridgehead atoms. The number of rotatable bonds is 6. The second kappa shape index (κ2) is 7.65. The van der Waals surface area contributed by atoms with Gasteiger partial charge in [0, 0.05) is 26.7 Å². The van der Waals surface area contributed by atoms with Crippen molar-refractivity contribution in [3.63, 3.8) is 0 Å².